The number of hydrogen-bond acceptors (Lipinski definition) is 5. The van der Waals surface area contributed by atoms with Crippen molar-refractivity contribution in [2.75, 3.05) is 0 Å². The number of nitriles is 4. The van der Waals surface area contributed by atoms with Gasteiger partial charge in [0.1, 0.15) is 23.5 Å². The first-order valence-corrected chi connectivity index (χ1v) is 23.8. The zero-order chi connectivity index (χ0) is 50.9. The maximum Gasteiger partial charge on any atom is 0.177 e. The Morgan fingerprint density at radius 1 is 0.333 bits per heavy atom. The minimum absolute atomic E-state index is 0.00325. The number of rotatable bonds is 6. The molecule has 4 aromatic heterocycles. The second kappa shape index (κ2) is 17.1. The van der Waals surface area contributed by atoms with E-state index < -0.39 is 0 Å². The number of pyridine rings is 1. The van der Waals surface area contributed by atoms with Crippen LogP contribution in [0.4, 0.5) is 11.4 Å². The first-order valence-electron chi connectivity index (χ1n) is 23.8. The fourth-order valence-electron chi connectivity index (χ4n) is 11.3. The molecule has 0 aliphatic rings. The van der Waals surface area contributed by atoms with Gasteiger partial charge in [0, 0.05) is 49.0 Å². The van der Waals surface area contributed by atoms with Crippen molar-refractivity contribution in [1.29, 1.82) is 21.0 Å². The van der Waals surface area contributed by atoms with Crippen LogP contribution in [0.25, 0.3) is 126 Å². The normalized spacial score (nSPS) is 11.1. The van der Waals surface area contributed by atoms with Gasteiger partial charge in [-0.2, -0.15) is 21.0 Å². The van der Waals surface area contributed by atoms with Crippen LogP contribution in [0.2, 0.25) is 0 Å². The number of nitrogens with zero attached hydrogens (tertiary/aromatic N) is 10. The van der Waals surface area contributed by atoms with E-state index in [0.717, 1.165) is 65.4 Å². The smallest absolute Gasteiger partial charge is 0.177 e. The molecular formula is C65H32N10. The van der Waals surface area contributed by atoms with Gasteiger partial charge in [0.2, 0.25) is 0 Å². The molecule has 0 atom stereocenters. The van der Waals surface area contributed by atoms with Crippen LogP contribution in [-0.2, 0) is 0 Å². The molecule has 10 heteroatoms. The molecule has 10 nitrogen and oxygen atoms in total. The molecule has 0 amide bonds. The molecule has 0 unspecified atom stereocenters. The van der Waals surface area contributed by atoms with E-state index in [9.17, 15) is 21.0 Å². The van der Waals surface area contributed by atoms with Crippen molar-refractivity contribution in [2.45, 2.75) is 0 Å². The van der Waals surface area contributed by atoms with Gasteiger partial charge in [0.05, 0.1) is 86.6 Å². The number of para-hydroxylation sites is 6. The van der Waals surface area contributed by atoms with Crippen LogP contribution in [-0.4, -0.2) is 18.7 Å². The molecule has 9 aromatic carbocycles. The average molecular weight is 953 g/mol. The molecule has 0 saturated heterocycles. The molecule has 0 fully saturated rings. The predicted octanol–water partition coefficient (Wildman–Crippen LogP) is 16.0. The van der Waals surface area contributed by atoms with Gasteiger partial charge >= 0.3 is 0 Å². The Bertz CT molecular complexity index is 4150. The third-order valence-electron chi connectivity index (χ3n) is 14.1. The topological polar surface area (TPSA) is 132 Å². The largest absolute Gasteiger partial charge is 0.308 e. The van der Waals surface area contributed by atoms with E-state index in [-0.39, 0.29) is 33.9 Å². The number of hydrogen-bond donors (Lipinski definition) is 0. The summed E-state index contributed by atoms with van der Waals surface area (Å²) in [4.78, 5) is 12.4. The van der Waals surface area contributed by atoms with E-state index in [1.165, 1.54) is 0 Å². The van der Waals surface area contributed by atoms with E-state index in [0.29, 0.717) is 50.4 Å². The van der Waals surface area contributed by atoms with Gasteiger partial charge in [-0.05, 0) is 83.4 Å². The monoisotopic (exact) mass is 952 g/mol. The lowest BCUT2D eigenvalue weighted by Gasteiger charge is -2.31. The number of fused-ring (bicyclic) bond motifs is 9. The SMILES string of the molecule is [C-]#[N+]c1cc([N+]#[C-])cc(-c2c(-n3c4ccccc4c4ccccc43)c(-c3cc(C#N)cc(C#N)c3)c(-n3c4ccccc4c4ccccc43)c(-c3cc(C#N)nc(C#N)c3)c2-n2c3ccccc3c3ccccc32)c1. The zero-order valence-corrected chi connectivity index (χ0v) is 39.4. The van der Waals surface area contributed by atoms with Gasteiger partial charge < -0.3 is 13.7 Å². The zero-order valence-electron chi connectivity index (χ0n) is 39.4. The molecular weight excluding hydrogens is 921 g/mol. The molecule has 0 saturated carbocycles. The summed E-state index contributed by atoms with van der Waals surface area (Å²) < 4.78 is 6.67. The van der Waals surface area contributed by atoms with E-state index in [2.05, 4.69) is 125 Å². The molecule has 0 aliphatic carbocycles. The molecule has 75 heavy (non-hydrogen) atoms. The van der Waals surface area contributed by atoms with Crippen molar-refractivity contribution in [2.24, 2.45) is 0 Å². The highest BCUT2D eigenvalue weighted by Crippen LogP contribution is 2.55. The van der Waals surface area contributed by atoms with Crippen molar-refractivity contribution in [3.8, 4) is 74.7 Å². The summed E-state index contributed by atoms with van der Waals surface area (Å²) in [6.07, 6.45) is 0. The van der Waals surface area contributed by atoms with E-state index in [4.69, 9.17) is 13.1 Å². The summed E-state index contributed by atoms with van der Waals surface area (Å²) in [5.41, 5.74) is 10.9. The third-order valence-corrected chi connectivity index (χ3v) is 14.1. The number of benzene rings is 9. The van der Waals surface area contributed by atoms with Crippen LogP contribution in [0.1, 0.15) is 22.5 Å². The molecule has 0 radical (unpaired) electrons. The van der Waals surface area contributed by atoms with Gasteiger partial charge in [-0.25, -0.2) is 14.7 Å². The van der Waals surface area contributed by atoms with Crippen molar-refractivity contribution < 1.29 is 0 Å². The summed E-state index contributed by atoms with van der Waals surface area (Å²) in [6.45, 7) is 17.0. The summed E-state index contributed by atoms with van der Waals surface area (Å²) in [6, 6.07) is 71.9. The van der Waals surface area contributed by atoms with Crippen molar-refractivity contribution in [3.05, 3.63) is 239 Å². The molecule has 0 aliphatic heterocycles. The fraction of sp³-hybridized carbons (Fsp3) is 0. The van der Waals surface area contributed by atoms with Crippen molar-refractivity contribution in [1.82, 2.24) is 18.7 Å². The first kappa shape index (κ1) is 43.5. The second-order valence-corrected chi connectivity index (χ2v) is 18.1. The highest BCUT2D eigenvalue weighted by Gasteiger charge is 2.35. The van der Waals surface area contributed by atoms with Crippen LogP contribution < -0.4 is 0 Å². The average Bonchev–Trinajstić information content (AvgIpc) is 4.14. The maximum absolute atomic E-state index is 10.9. The Morgan fingerprint density at radius 3 is 0.893 bits per heavy atom. The Morgan fingerprint density at radius 2 is 0.613 bits per heavy atom. The van der Waals surface area contributed by atoms with Crippen LogP contribution in [0.15, 0.2) is 194 Å². The minimum Gasteiger partial charge on any atom is -0.308 e. The first-order chi connectivity index (χ1) is 36.9. The number of aromatic nitrogens is 4. The van der Waals surface area contributed by atoms with Crippen LogP contribution in [0, 0.1) is 58.5 Å². The molecule has 0 spiro atoms. The molecule has 342 valence electrons. The summed E-state index contributed by atoms with van der Waals surface area (Å²) in [7, 11) is 0. The van der Waals surface area contributed by atoms with E-state index >= 15 is 0 Å². The van der Waals surface area contributed by atoms with Gasteiger partial charge in [-0.15, -0.1) is 0 Å². The standard InChI is InChI=1S/C65H32N10/c1-70-44-30-42(31-45(34-44)71-2)61-63(73-54-21-9-3-15-48(54)49-16-4-10-22-55(49)73)60(41-28-39(35-66)27-40(29-41)36-67)64(74-56-23-11-5-17-50(56)51-18-6-12-24-57(51)74)62(43-32-46(37-68)72-47(33-43)38-69)65(61)75-58-25-13-7-19-52(58)53-20-8-14-26-59(53)75/h3-34H. The Hall–Kier alpha value is -11.5. The van der Waals surface area contributed by atoms with Crippen LogP contribution in [0.3, 0.4) is 0 Å². The van der Waals surface area contributed by atoms with Crippen LogP contribution in [0.5, 0.6) is 0 Å². The highest BCUT2D eigenvalue weighted by molar-refractivity contribution is 6.18. The van der Waals surface area contributed by atoms with E-state index in [1.54, 1.807) is 48.5 Å². The van der Waals surface area contributed by atoms with Crippen molar-refractivity contribution >= 4 is 76.8 Å². The second-order valence-electron chi connectivity index (χ2n) is 18.1. The molecule has 13 rings (SSSR count). The van der Waals surface area contributed by atoms with Gasteiger partial charge in [-0.3, -0.25) is 0 Å². The summed E-state index contributed by atoms with van der Waals surface area (Å²) >= 11 is 0. The molecule has 13 aromatic rings. The highest BCUT2D eigenvalue weighted by atomic mass is 15.1. The Labute approximate surface area is 428 Å². The lowest BCUT2D eigenvalue weighted by molar-refractivity contribution is 1.10. The minimum atomic E-state index is 0.00325. The fourth-order valence-corrected chi connectivity index (χ4v) is 11.3. The molecule has 0 N–H and O–H groups in total. The van der Waals surface area contributed by atoms with Gasteiger partial charge in [-0.1, -0.05) is 127 Å². The summed E-state index contributed by atoms with van der Waals surface area (Å²) in [5.74, 6) is 0. The Balaban J connectivity index is 1.47. The molecule has 4 heterocycles. The third kappa shape index (κ3) is 6.57. The lowest BCUT2D eigenvalue weighted by atomic mass is 9.84. The van der Waals surface area contributed by atoms with Gasteiger partial charge in [0.25, 0.3) is 0 Å². The van der Waals surface area contributed by atoms with E-state index in [1.807, 2.05) is 72.8 Å². The Kier molecular flexibility index (Phi) is 9.92. The quantitative estimate of drug-likeness (QED) is 0.153. The van der Waals surface area contributed by atoms with Gasteiger partial charge in [0.15, 0.2) is 11.4 Å². The van der Waals surface area contributed by atoms with Crippen molar-refractivity contribution in [3.63, 3.8) is 0 Å². The van der Waals surface area contributed by atoms with Crippen LogP contribution >= 0.6 is 0 Å². The summed E-state index contributed by atoms with van der Waals surface area (Å²) in [5, 5.41) is 49.1. The molecule has 0 bridgehead atoms. The maximum atomic E-state index is 10.9. The lowest BCUT2D eigenvalue weighted by Crippen LogP contribution is -2.13. The predicted molar refractivity (Wildman–Crippen MR) is 295 cm³/mol.